The van der Waals surface area contributed by atoms with Gasteiger partial charge in [0.25, 0.3) is 0 Å². The highest BCUT2D eigenvalue weighted by Gasteiger charge is 2.11. The molecule has 1 aromatic heterocycles. The Labute approximate surface area is 101 Å². The smallest absolute Gasteiger partial charge is 0.186 e. The summed E-state index contributed by atoms with van der Waals surface area (Å²) in [5, 5.41) is 3.07. The predicted octanol–water partition coefficient (Wildman–Crippen LogP) is 1.64. The van der Waals surface area contributed by atoms with Crippen molar-refractivity contribution in [1.29, 1.82) is 0 Å². The molecule has 3 nitrogen and oxygen atoms in total. The van der Waals surface area contributed by atoms with Crippen molar-refractivity contribution in [3.05, 3.63) is 21.9 Å². The molecule has 0 aliphatic rings. The van der Waals surface area contributed by atoms with Gasteiger partial charge in [-0.3, -0.25) is 9.69 Å². The van der Waals surface area contributed by atoms with E-state index in [1.165, 1.54) is 4.88 Å². The molecular weight excluding hydrogens is 220 g/mol. The molecule has 90 valence electrons. The third kappa shape index (κ3) is 4.04. The first-order valence-electron chi connectivity index (χ1n) is 5.62. The Balaban J connectivity index is 2.45. The lowest BCUT2D eigenvalue weighted by Crippen LogP contribution is -2.31. The van der Waals surface area contributed by atoms with Crippen LogP contribution in [0.2, 0.25) is 0 Å². The average Bonchev–Trinajstić information content (AvgIpc) is 2.74. The van der Waals surface area contributed by atoms with Crippen LogP contribution in [0, 0.1) is 0 Å². The lowest BCUT2D eigenvalue weighted by molar-refractivity contribution is 0.0951. The highest BCUT2D eigenvalue weighted by Crippen LogP contribution is 2.17. The highest BCUT2D eigenvalue weighted by atomic mass is 32.1. The lowest BCUT2D eigenvalue weighted by Gasteiger charge is -2.14. The van der Waals surface area contributed by atoms with Crippen LogP contribution >= 0.6 is 11.3 Å². The second kappa shape index (κ2) is 6.78. The quantitative estimate of drug-likeness (QED) is 0.735. The standard InChI is InChI=1S/C12H20N2OS/c1-4-10-5-6-12(16-10)11(15)9-14(3)8-7-13-2/h5-6,13H,4,7-9H2,1-3H3. The monoisotopic (exact) mass is 240 g/mol. The fourth-order valence-corrected chi connectivity index (χ4v) is 2.30. The van der Waals surface area contributed by atoms with Gasteiger partial charge in [0.15, 0.2) is 5.78 Å². The van der Waals surface area contributed by atoms with E-state index in [0.29, 0.717) is 6.54 Å². The molecule has 0 bridgehead atoms. The van der Waals surface area contributed by atoms with Gasteiger partial charge in [0.1, 0.15) is 0 Å². The molecular formula is C12H20N2OS. The largest absolute Gasteiger partial charge is 0.318 e. The van der Waals surface area contributed by atoms with E-state index >= 15 is 0 Å². The third-order valence-electron chi connectivity index (χ3n) is 2.44. The van der Waals surface area contributed by atoms with Crippen molar-refractivity contribution in [2.45, 2.75) is 13.3 Å². The minimum absolute atomic E-state index is 0.225. The molecule has 0 atom stereocenters. The molecule has 16 heavy (non-hydrogen) atoms. The second-order valence-corrected chi connectivity index (χ2v) is 5.05. The minimum atomic E-state index is 0.225. The molecule has 0 fully saturated rings. The van der Waals surface area contributed by atoms with E-state index in [9.17, 15) is 4.79 Å². The summed E-state index contributed by atoms with van der Waals surface area (Å²) in [5.41, 5.74) is 0. The van der Waals surface area contributed by atoms with Crippen LogP contribution in [0.1, 0.15) is 21.5 Å². The number of hydrogen-bond acceptors (Lipinski definition) is 4. The van der Waals surface area contributed by atoms with Crippen molar-refractivity contribution < 1.29 is 4.79 Å². The van der Waals surface area contributed by atoms with Crippen molar-refractivity contribution in [2.75, 3.05) is 33.7 Å². The van der Waals surface area contributed by atoms with E-state index in [1.807, 2.05) is 31.1 Å². The summed E-state index contributed by atoms with van der Waals surface area (Å²) in [4.78, 5) is 16.1. The number of carbonyl (C=O) groups is 1. The topological polar surface area (TPSA) is 32.3 Å². The van der Waals surface area contributed by atoms with E-state index in [0.717, 1.165) is 24.4 Å². The van der Waals surface area contributed by atoms with Gasteiger partial charge in [-0.05, 0) is 32.6 Å². The maximum atomic E-state index is 11.9. The number of likely N-dealkylation sites (N-methyl/N-ethyl adjacent to an activating group) is 2. The van der Waals surface area contributed by atoms with Crippen molar-refractivity contribution in [1.82, 2.24) is 10.2 Å². The summed E-state index contributed by atoms with van der Waals surface area (Å²) in [7, 11) is 3.89. The average molecular weight is 240 g/mol. The molecule has 0 spiro atoms. The lowest BCUT2D eigenvalue weighted by atomic mass is 10.3. The van der Waals surface area contributed by atoms with Gasteiger partial charge in [0, 0.05) is 18.0 Å². The molecule has 0 saturated carbocycles. The number of thiophene rings is 1. The molecule has 0 aromatic carbocycles. The molecule has 1 aromatic rings. The van der Waals surface area contributed by atoms with Crippen LogP contribution in [0.15, 0.2) is 12.1 Å². The molecule has 0 aliphatic heterocycles. The van der Waals surface area contributed by atoms with Gasteiger partial charge >= 0.3 is 0 Å². The minimum Gasteiger partial charge on any atom is -0.318 e. The van der Waals surface area contributed by atoms with Crippen LogP contribution in [0.5, 0.6) is 0 Å². The summed E-state index contributed by atoms with van der Waals surface area (Å²) >= 11 is 1.61. The first kappa shape index (κ1) is 13.4. The maximum absolute atomic E-state index is 11.9. The number of hydrogen-bond donors (Lipinski definition) is 1. The van der Waals surface area contributed by atoms with Gasteiger partial charge in [0.05, 0.1) is 11.4 Å². The molecule has 1 heterocycles. The molecule has 0 saturated heterocycles. The Morgan fingerprint density at radius 3 is 2.81 bits per heavy atom. The van der Waals surface area contributed by atoms with Crippen LogP contribution in [-0.4, -0.2) is 44.4 Å². The Bertz CT molecular complexity index is 336. The van der Waals surface area contributed by atoms with Crippen LogP contribution in [-0.2, 0) is 6.42 Å². The molecule has 0 radical (unpaired) electrons. The van der Waals surface area contributed by atoms with Crippen molar-refractivity contribution in [2.24, 2.45) is 0 Å². The van der Waals surface area contributed by atoms with Crippen LogP contribution in [0.3, 0.4) is 0 Å². The van der Waals surface area contributed by atoms with E-state index in [1.54, 1.807) is 11.3 Å². The van der Waals surface area contributed by atoms with Gasteiger partial charge in [-0.15, -0.1) is 11.3 Å². The van der Waals surface area contributed by atoms with Gasteiger partial charge in [-0.25, -0.2) is 0 Å². The number of ketones is 1. The van der Waals surface area contributed by atoms with E-state index in [-0.39, 0.29) is 5.78 Å². The molecule has 1 rings (SSSR count). The van der Waals surface area contributed by atoms with Crippen LogP contribution < -0.4 is 5.32 Å². The fraction of sp³-hybridized carbons (Fsp3) is 0.583. The summed E-state index contributed by atoms with van der Waals surface area (Å²) < 4.78 is 0. The zero-order valence-electron chi connectivity index (χ0n) is 10.2. The Morgan fingerprint density at radius 2 is 2.25 bits per heavy atom. The van der Waals surface area contributed by atoms with Crippen LogP contribution in [0.25, 0.3) is 0 Å². The summed E-state index contributed by atoms with van der Waals surface area (Å²) in [6, 6.07) is 3.99. The van der Waals surface area contributed by atoms with Gasteiger partial charge in [0.2, 0.25) is 0 Å². The van der Waals surface area contributed by atoms with E-state index < -0.39 is 0 Å². The third-order valence-corrected chi connectivity index (χ3v) is 3.71. The SMILES string of the molecule is CCc1ccc(C(=O)CN(C)CCNC)s1. The Kier molecular flexibility index (Phi) is 5.66. The van der Waals surface area contributed by atoms with Crippen molar-refractivity contribution >= 4 is 17.1 Å². The Hall–Kier alpha value is -0.710. The summed E-state index contributed by atoms with van der Waals surface area (Å²) in [5.74, 6) is 0.225. The van der Waals surface area contributed by atoms with E-state index in [4.69, 9.17) is 0 Å². The number of aryl methyl sites for hydroxylation is 1. The first-order chi connectivity index (χ1) is 7.67. The molecule has 0 amide bonds. The predicted molar refractivity (Wildman–Crippen MR) is 69.5 cm³/mol. The Morgan fingerprint density at radius 1 is 1.50 bits per heavy atom. The normalized spacial score (nSPS) is 11.0. The maximum Gasteiger partial charge on any atom is 0.186 e. The zero-order valence-corrected chi connectivity index (χ0v) is 11.1. The number of rotatable bonds is 7. The molecule has 4 heteroatoms. The van der Waals surface area contributed by atoms with E-state index in [2.05, 4.69) is 12.2 Å². The first-order valence-corrected chi connectivity index (χ1v) is 6.44. The number of nitrogens with zero attached hydrogens (tertiary/aromatic N) is 1. The molecule has 0 aliphatic carbocycles. The van der Waals surface area contributed by atoms with Crippen molar-refractivity contribution in [3.8, 4) is 0 Å². The van der Waals surface area contributed by atoms with Crippen molar-refractivity contribution in [3.63, 3.8) is 0 Å². The number of Topliss-reactive ketones (excluding diaryl/α,β-unsaturated/α-hetero) is 1. The van der Waals surface area contributed by atoms with Crippen LogP contribution in [0.4, 0.5) is 0 Å². The summed E-state index contributed by atoms with van der Waals surface area (Å²) in [6.07, 6.45) is 1.01. The summed E-state index contributed by atoms with van der Waals surface area (Å²) in [6.45, 7) is 4.42. The number of carbonyl (C=O) groups excluding carboxylic acids is 1. The second-order valence-electron chi connectivity index (χ2n) is 3.88. The van der Waals surface area contributed by atoms with Gasteiger partial charge in [-0.1, -0.05) is 6.92 Å². The van der Waals surface area contributed by atoms with Gasteiger partial charge in [-0.2, -0.15) is 0 Å². The number of nitrogens with one attached hydrogen (secondary N) is 1. The molecule has 1 N–H and O–H groups in total. The molecule has 0 unspecified atom stereocenters. The highest BCUT2D eigenvalue weighted by molar-refractivity contribution is 7.14. The van der Waals surface area contributed by atoms with Gasteiger partial charge < -0.3 is 5.32 Å². The zero-order chi connectivity index (χ0) is 12.0. The fourth-order valence-electron chi connectivity index (χ4n) is 1.42.